The summed E-state index contributed by atoms with van der Waals surface area (Å²) in [4.78, 5) is 11.0. The molecule has 1 aromatic rings. The van der Waals surface area contributed by atoms with Gasteiger partial charge in [-0.2, -0.15) is 0 Å². The van der Waals surface area contributed by atoms with Crippen LogP contribution < -0.4 is 5.73 Å². The van der Waals surface area contributed by atoms with Crippen LogP contribution in [-0.2, 0) is 9.53 Å². The summed E-state index contributed by atoms with van der Waals surface area (Å²) in [6.45, 7) is 1.66. The third-order valence-electron chi connectivity index (χ3n) is 2.24. The largest absolute Gasteiger partial charge is 0.469 e. The maximum atomic E-state index is 13.6. The molecule has 0 aliphatic rings. The van der Waals surface area contributed by atoms with E-state index in [4.69, 9.17) is 5.73 Å². The Bertz CT molecular complexity index is 366. The average Bonchev–Trinajstić information content (AvgIpc) is 2.21. The van der Waals surface area contributed by atoms with Crippen molar-refractivity contribution < 1.29 is 13.9 Å². The molecular formula is C11H14FNO2. The first kappa shape index (κ1) is 11.7. The fourth-order valence-electron chi connectivity index (χ4n) is 1.33. The second-order valence-electron chi connectivity index (χ2n) is 3.36. The molecule has 0 heterocycles. The Hall–Kier alpha value is -1.42. The number of carbonyl (C=O) groups is 1. The lowest BCUT2D eigenvalue weighted by molar-refractivity contribution is -0.141. The lowest BCUT2D eigenvalue weighted by Crippen LogP contribution is -2.17. The summed E-state index contributed by atoms with van der Waals surface area (Å²) < 4.78 is 18.0. The van der Waals surface area contributed by atoms with Crippen LogP contribution >= 0.6 is 0 Å². The van der Waals surface area contributed by atoms with E-state index in [1.165, 1.54) is 7.11 Å². The van der Waals surface area contributed by atoms with Crippen LogP contribution in [0.3, 0.4) is 0 Å². The first-order valence-electron chi connectivity index (χ1n) is 4.63. The lowest BCUT2D eigenvalue weighted by atomic mass is 10.0. The van der Waals surface area contributed by atoms with E-state index >= 15 is 0 Å². The van der Waals surface area contributed by atoms with E-state index < -0.39 is 12.0 Å². The summed E-state index contributed by atoms with van der Waals surface area (Å²) >= 11 is 0. The van der Waals surface area contributed by atoms with Crippen molar-refractivity contribution in [3.8, 4) is 0 Å². The number of methoxy groups -OCH3 is 1. The molecule has 0 bridgehead atoms. The maximum absolute atomic E-state index is 13.6. The third kappa shape index (κ3) is 2.76. The molecule has 82 valence electrons. The number of rotatable bonds is 3. The molecule has 0 spiro atoms. The second-order valence-corrected chi connectivity index (χ2v) is 3.36. The predicted molar refractivity (Wildman–Crippen MR) is 54.7 cm³/mol. The molecule has 1 aromatic carbocycles. The number of aryl methyl sites for hydroxylation is 1. The van der Waals surface area contributed by atoms with Crippen molar-refractivity contribution in [2.45, 2.75) is 19.4 Å². The molecule has 2 N–H and O–H groups in total. The number of benzene rings is 1. The van der Waals surface area contributed by atoms with Crippen molar-refractivity contribution in [3.05, 3.63) is 35.1 Å². The number of nitrogens with two attached hydrogens (primary N) is 1. The first-order valence-corrected chi connectivity index (χ1v) is 4.63. The molecule has 0 radical (unpaired) electrons. The van der Waals surface area contributed by atoms with Crippen molar-refractivity contribution >= 4 is 5.97 Å². The molecule has 1 atom stereocenters. The molecule has 1 rings (SSSR count). The molecule has 0 saturated carbocycles. The highest BCUT2D eigenvalue weighted by molar-refractivity contribution is 5.70. The highest BCUT2D eigenvalue weighted by Crippen LogP contribution is 2.20. The fourth-order valence-corrected chi connectivity index (χ4v) is 1.33. The van der Waals surface area contributed by atoms with Gasteiger partial charge in [0.1, 0.15) is 5.82 Å². The molecule has 0 aliphatic heterocycles. The van der Waals surface area contributed by atoms with Crippen molar-refractivity contribution in [2.75, 3.05) is 7.11 Å². The van der Waals surface area contributed by atoms with Gasteiger partial charge in [-0.15, -0.1) is 0 Å². The van der Waals surface area contributed by atoms with Crippen LogP contribution in [0.25, 0.3) is 0 Å². The van der Waals surface area contributed by atoms with E-state index in [-0.39, 0.29) is 12.2 Å². The van der Waals surface area contributed by atoms with E-state index in [0.29, 0.717) is 11.1 Å². The van der Waals surface area contributed by atoms with Gasteiger partial charge >= 0.3 is 5.97 Å². The average molecular weight is 211 g/mol. The molecule has 1 unspecified atom stereocenters. The Labute approximate surface area is 88.0 Å². The van der Waals surface area contributed by atoms with E-state index in [2.05, 4.69) is 4.74 Å². The van der Waals surface area contributed by atoms with Crippen molar-refractivity contribution in [2.24, 2.45) is 5.73 Å². The van der Waals surface area contributed by atoms with Gasteiger partial charge in [0.2, 0.25) is 0 Å². The van der Waals surface area contributed by atoms with Crippen LogP contribution in [0, 0.1) is 12.7 Å². The van der Waals surface area contributed by atoms with Crippen molar-refractivity contribution in [1.29, 1.82) is 0 Å². The summed E-state index contributed by atoms with van der Waals surface area (Å²) in [6.07, 6.45) is -0.0170. The molecule has 0 aliphatic carbocycles. The zero-order valence-corrected chi connectivity index (χ0v) is 8.79. The first-order chi connectivity index (χ1) is 7.06. The van der Waals surface area contributed by atoms with Crippen LogP contribution in [0.4, 0.5) is 4.39 Å². The standard InChI is InChI=1S/C11H14FNO2/c1-7-4-3-5-8(11(7)12)9(13)6-10(14)15-2/h3-5,9H,6,13H2,1-2H3. The van der Waals surface area contributed by atoms with Gasteiger partial charge in [-0.1, -0.05) is 18.2 Å². The molecule has 4 heteroatoms. The van der Waals surface area contributed by atoms with Crippen LogP contribution in [0.5, 0.6) is 0 Å². The topological polar surface area (TPSA) is 52.3 Å². The fraction of sp³-hybridized carbons (Fsp3) is 0.364. The summed E-state index contributed by atoms with van der Waals surface area (Å²) in [5.74, 6) is -0.794. The van der Waals surface area contributed by atoms with Gasteiger partial charge in [0.15, 0.2) is 0 Å². The van der Waals surface area contributed by atoms with E-state index in [1.807, 2.05) is 0 Å². The molecule has 0 amide bonds. The highest BCUT2D eigenvalue weighted by atomic mass is 19.1. The van der Waals surface area contributed by atoms with Crippen LogP contribution in [0.1, 0.15) is 23.6 Å². The quantitative estimate of drug-likeness (QED) is 0.774. The van der Waals surface area contributed by atoms with Gasteiger partial charge in [0.05, 0.1) is 13.5 Å². The Kier molecular flexibility index (Phi) is 3.80. The predicted octanol–water partition coefficient (Wildman–Crippen LogP) is 1.70. The van der Waals surface area contributed by atoms with Crippen LogP contribution in [0.15, 0.2) is 18.2 Å². The molecule has 15 heavy (non-hydrogen) atoms. The Morgan fingerprint density at radius 1 is 1.60 bits per heavy atom. The summed E-state index contributed by atoms with van der Waals surface area (Å²) in [6, 6.07) is 4.29. The molecule has 0 saturated heterocycles. The maximum Gasteiger partial charge on any atom is 0.307 e. The third-order valence-corrected chi connectivity index (χ3v) is 2.24. The van der Waals surface area contributed by atoms with Gasteiger partial charge in [0.25, 0.3) is 0 Å². The Morgan fingerprint density at radius 2 is 2.27 bits per heavy atom. The van der Waals surface area contributed by atoms with Gasteiger partial charge in [-0.05, 0) is 12.5 Å². The zero-order valence-electron chi connectivity index (χ0n) is 8.79. The van der Waals surface area contributed by atoms with Gasteiger partial charge in [0, 0.05) is 11.6 Å². The van der Waals surface area contributed by atoms with Gasteiger partial charge in [-0.25, -0.2) is 4.39 Å². The minimum atomic E-state index is -0.655. The highest BCUT2D eigenvalue weighted by Gasteiger charge is 2.16. The van der Waals surface area contributed by atoms with Gasteiger partial charge in [-0.3, -0.25) is 4.79 Å². The monoisotopic (exact) mass is 211 g/mol. The Morgan fingerprint density at radius 3 is 2.87 bits per heavy atom. The Balaban J connectivity index is 2.86. The molecule has 0 fully saturated rings. The van der Waals surface area contributed by atoms with Crippen LogP contribution in [0.2, 0.25) is 0 Å². The molecule has 0 aromatic heterocycles. The smallest absolute Gasteiger partial charge is 0.307 e. The summed E-state index contributed by atoms with van der Waals surface area (Å²) in [7, 11) is 1.28. The normalized spacial score (nSPS) is 12.3. The zero-order chi connectivity index (χ0) is 11.4. The SMILES string of the molecule is COC(=O)CC(N)c1cccc(C)c1F. The minimum absolute atomic E-state index is 0.0170. The van der Waals surface area contributed by atoms with Crippen molar-refractivity contribution in [3.63, 3.8) is 0 Å². The number of halogens is 1. The number of carbonyl (C=O) groups excluding carboxylic acids is 1. The van der Waals surface area contributed by atoms with Gasteiger partial charge < -0.3 is 10.5 Å². The number of ether oxygens (including phenoxy) is 1. The number of hydrogen-bond acceptors (Lipinski definition) is 3. The summed E-state index contributed by atoms with van der Waals surface area (Å²) in [5, 5.41) is 0. The second kappa shape index (κ2) is 4.89. The lowest BCUT2D eigenvalue weighted by Gasteiger charge is -2.12. The minimum Gasteiger partial charge on any atom is -0.469 e. The van der Waals surface area contributed by atoms with E-state index in [0.717, 1.165) is 0 Å². The van der Waals surface area contributed by atoms with Crippen LogP contribution in [-0.4, -0.2) is 13.1 Å². The number of esters is 1. The van der Waals surface area contributed by atoms with E-state index in [1.54, 1.807) is 25.1 Å². The van der Waals surface area contributed by atoms with E-state index in [9.17, 15) is 9.18 Å². The number of hydrogen-bond donors (Lipinski definition) is 1. The van der Waals surface area contributed by atoms with Crippen molar-refractivity contribution in [1.82, 2.24) is 0 Å². The molecular weight excluding hydrogens is 197 g/mol. The molecule has 3 nitrogen and oxygen atoms in total. The summed E-state index contributed by atoms with van der Waals surface area (Å²) in [5.41, 5.74) is 6.57.